The minimum absolute atomic E-state index is 0.0577. The van der Waals surface area contributed by atoms with Gasteiger partial charge in [-0.05, 0) is 29.7 Å². The summed E-state index contributed by atoms with van der Waals surface area (Å²) in [4.78, 5) is 2.34. The molecule has 1 aromatic heterocycles. The Kier molecular flexibility index (Phi) is 5.07. The van der Waals surface area contributed by atoms with Gasteiger partial charge in [-0.3, -0.25) is 4.90 Å². The van der Waals surface area contributed by atoms with Crippen LogP contribution in [0.4, 0.5) is 0 Å². The summed E-state index contributed by atoms with van der Waals surface area (Å²) < 4.78 is 17.1. The van der Waals surface area contributed by atoms with Gasteiger partial charge in [0.2, 0.25) is 11.8 Å². The van der Waals surface area contributed by atoms with Crippen molar-refractivity contribution in [3.63, 3.8) is 0 Å². The molecule has 2 aromatic carbocycles. The van der Waals surface area contributed by atoms with Crippen molar-refractivity contribution in [1.82, 2.24) is 15.1 Å². The van der Waals surface area contributed by atoms with E-state index in [9.17, 15) is 0 Å². The Balaban J connectivity index is 1.50. The monoisotopic (exact) mass is 365 g/mol. The lowest BCUT2D eigenvalue weighted by atomic mass is 9.94. The standard InChI is InChI=1S/C21H23N3O3/c1-15-22-23-21(27-15)18-13-16-7-3-4-8-17(16)14-24(18)11-12-26-20-10-6-5-9-19(20)25-2/h3-10,18H,11-14H2,1-2H3. The van der Waals surface area contributed by atoms with E-state index in [-0.39, 0.29) is 6.04 Å². The SMILES string of the molecule is COc1ccccc1OCCN1Cc2ccccc2CC1c1nnc(C)o1. The zero-order valence-electron chi connectivity index (χ0n) is 15.6. The van der Waals surface area contributed by atoms with Gasteiger partial charge in [0.1, 0.15) is 6.61 Å². The predicted molar refractivity (Wildman–Crippen MR) is 101 cm³/mol. The minimum atomic E-state index is 0.0577. The van der Waals surface area contributed by atoms with Gasteiger partial charge in [0.15, 0.2) is 11.5 Å². The first-order valence-corrected chi connectivity index (χ1v) is 9.11. The largest absolute Gasteiger partial charge is 0.493 e. The molecule has 140 valence electrons. The van der Waals surface area contributed by atoms with Gasteiger partial charge < -0.3 is 13.9 Å². The van der Waals surface area contributed by atoms with E-state index in [1.165, 1.54) is 11.1 Å². The number of hydrogen-bond acceptors (Lipinski definition) is 6. The van der Waals surface area contributed by atoms with Gasteiger partial charge in [-0.2, -0.15) is 0 Å². The van der Waals surface area contributed by atoms with Crippen LogP contribution in [0.25, 0.3) is 0 Å². The average Bonchev–Trinajstić information content (AvgIpc) is 3.14. The Morgan fingerprint density at radius 3 is 2.52 bits per heavy atom. The maximum atomic E-state index is 5.97. The van der Waals surface area contributed by atoms with E-state index in [4.69, 9.17) is 13.9 Å². The number of aryl methyl sites for hydroxylation is 1. The molecule has 0 spiro atoms. The van der Waals surface area contributed by atoms with E-state index < -0.39 is 0 Å². The normalized spacial score (nSPS) is 16.7. The second-order valence-corrected chi connectivity index (χ2v) is 6.62. The molecule has 1 aliphatic heterocycles. The molecule has 0 radical (unpaired) electrons. The van der Waals surface area contributed by atoms with Gasteiger partial charge in [0, 0.05) is 20.0 Å². The Bertz CT molecular complexity index is 909. The van der Waals surface area contributed by atoms with Crippen molar-refractivity contribution in [2.75, 3.05) is 20.3 Å². The highest BCUT2D eigenvalue weighted by Gasteiger charge is 2.30. The topological polar surface area (TPSA) is 60.6 Å². The first-order valence-electron chi connectivity index (χ1n) is 9.11. The van der Waals surface area contributed by atoms with Crippen molar-refractivity contribution < 1.29 is 13.9 Å². The predicted octanol–water partition coefficient (Wildman–Crippen LogP) is 3.57. The van der Waals surface area contributed by atoms with Crippen molar-refractivity contribution in [3.05, 3.63) is 71.4 Å². The molecule has 2 heterocycles. The van der Waals surface area contributed by atoms with Crippen molar-refractivity contribution in [1.29, 1.82) is 0 Å². The quantitative estimate of drug-likeness (QED) is 0.666. The van der Waals surface area contributed by atoms with E-state index in [1.807, 2.05) is 31.2 Å². The van der Waals surface area contributed by atoms with Gasteiger partial charge in [0.25, 0.3) is 0 Å². The van der Waals surface area contributed by atoms with E-state index in [1.54, 1.807) is 7.11 Å². The van der Waals surface area contributed by atoms with Gasteiger partial charge in [-0.25, -0.2) is 0 Å². The number of ether oxygens (including phenoxy) is 2. The summed E-state index contributed by atoms with van der Waals surface area (Å²) >= 11 is 0. The molecule has 0 amide bonds. The van der Waals surface area contributed by atoms with Gasteiger partial charge in [-0.1, -0.05) is 36.4 Å². The summed E-state index contributed by atoms with van der Waals surface area (Å²) in [5.74, 6) is 2.75. The van der Waals surface area contributed by atoms with E-state index >= 15 is 0 Å². The molecule has 1 atom stereocenters. The van der Waals surface area contributed by atoms with Crippen LogP contribution in [-0.4, -0.2) is 35.4 Å². The minimum Gasteiger partial charge on any atom is -0.493 e. The Labute approximate surface area is 158 Å². The molecule has 6 nitrogen and oxygen atoms in total. The molecule has 6 heteroatoms. The Hall–Kier alpha value is -2.86. The third kappa shape index (κ3) is 3.80. The summed E-state index contributed by atoms with van der Waals surface area (Å²) in [7, 11) is 1.65. The number of benzene rings is 2. The van der Waals surface area contributed by atoms with Gasteiger partial charge >= 0.3 is 0 Å². The summed E-state index contributed by atoms with van der Waals surface area (Å²) in [5, 5.41) is 8.28. The summed E-state index contributed by atoms with van der Waals surface area (Å²) in [5.41, 5.74) is 2.67. The number of aromatic nitrogens is 2. The fourth-order valence-electron chi connectivity index (χ4n) is 3.51. The molecule has 3 aromatic rings. The molecule has 27 heavy (non-hydrogen) atoms. The van der Waals surface area contributed by atoms with Crippen molar-refractivity contribution >= 4 is 0 Å². The molecule has 0 saturated carbocycles. The zero-order chi connectivity index (χ0) is 18.6. The molecule has 0 bridgehead atoms. The molecule has 1 aliphatic rings. The lowest BCUT2D eigenvalue weighted by molar-refractivity contribution is 0.119. The fraction of sp³-hybridized carbons (Fsp3) is 0.333. The number of nitrogens with zero attached hydrogens (tertiary/aromatic N) is 3. The highest BCUT2D eigenvalue weighted by molar-refractivity contribution is 5.39. The zero-order valence-corrected chi connectivity index (χ0v) is 15.6. The van der Waals surface area contributed by atoms with Gasteiger partial charge in [0.05, 0.1) is 13.2 Å². The smallest absolute Gasteiger partial charge is 0.233 e. The summed E-state index contributed by atoms with van der Waals surface area (Å²) in [6.45, 7) is 3.95. The van der Waals surface area contributed by atoms with Crippen LogP contribution in [-0.2, 0) is 13.0 Å². The van der Waals surface area contributed by atoms with Crippen molar-refractivity contribution in [2.45, 2.75) is 25.9 Å². The van der Waals surface area contributed by atoms with Crippen molar-refractivity contribution in [2.24, 2.45) is 0 Å². The second kappa shape index (κ2) is 7.80. The third-order valence-electron chi connectivity index (χ3n) is 4.88. The third-order valence-corrected chi connectivity index (χ3v) is 4.88. The van der Waals surface area contributed by atoms with E-state index in [0.717, 1.165) is 31.0 Å². The first kappa shape index (κ1) is 17.5. The number of para-hydroxylation sites is 2. The van der Waals surface area contributed by atoms with Crippen LogP contribution < -0.4 is 9.47 Å². The highest BCUT2D eigenvalue weighted by Crippen LogP contribution is 2.32. The number of hydrogen-bond donors (Lipinski definition) is 0. The van der Waals surface area contributed by atoms with Gasteiger partial charge in [-0.15, -0.1) is 10.2 Å². The van der Waals surface area contributed by atoms with Crippen LogP contribution in [0.2, 0.25) is 0 Å². The first-order chi connectivity index (χ1) is 13.2. The Morgan fingerprint density at radius 1 is 1.04 bits per heavy atom. The van der Waals surface area contributed by atoms with E-state index in [2.05, 4.69) is 39.4 Å². The molecule has 0 aliphatic carbocycles. The maximum absolute atomic E-state index is 5.97. The fourth-order valence-corrected chi connectivity index (χ4v) is 3.51. The van der Waals surface area contributed by atoms with E-state index in [0.29, 0.717) is 18.4 Å². The Morgan fingerprint density at radius 2 is 1.78 bits per heavy atom. The lowest BCUT2D eigenvalue weighted by Gasteiger charge is -2.34. The molecular formula is C21H23N3O3. The molecule has 0 saturated heterocycles. The second-order valence-electron chi connectivity index (χ2n) is 6.62. The molecule has 1 unspecified atom stereocenters. The van der Waals surface area contributed by atoms with Crippen LogP contribution in [0, 0.1) is 6.92 Å². The molecular weight excluding hydrogens is 342 g/mol. The number of rotatable bonds is 6. The van der Waals surface area contributed by atoms with Crippen LogP contribution >= 0.6 is 0 Å². The summed E-state index contributed by atoms with van der Waals surface area (Å²) in [6.07, 6.45) is 0.854. The average molecular weight is 365 g/mol. The maximum Gasteiger partial charge on any atom is 0.233 e. The van der Waals surface area contributed by atoms with Crippen LogP contribution in [0.1, 0.15) is 29.0 Å². The lowest BCUT2D eigenvalue weighted by Crippen LogP contribution is -2.37. The number of methoxy groups -OCH3 is 1. The van der Waals surface area contributed by atoms with Crippen molar-refractivity contribution in [3.8, 4) is 11.5 Å². The van der Waals surface area contributed by atoms with Crippen LogP contribution in [0.3, 0.4) is 0 Å². The molecule has 4 rings (SSSR count). The van der Waals surface area contributed by atoms with Crippen LogP contribution in [0.15, 0.2) is 52.9 Å². The number of fused-ring (bicyclic) bond motifs is 1. The van der Waals surface area contributed by atoms with Crippen LogP contribution in [0.5, 0.6) is 11.5 Å². The highest BCUT2D eigenvalue weighted by atomic mass is 16.5. The molecule has 0 fully saturated rings. The molecule has 0 N–H and O–H groups in total. The summed E-state index contributed by atoms with van der Waals surface area (Å²) in [6, 6.07) is 16.3.